The zero-order chi connectivity index (χ0) is 17.8. The molecule has 0 saturated heterocycles. The first-order valence-electron chi connectivity index (χ1n) is 7.14. The van der Waals surface area contributed by atoms with Crippen LogP contribution in [-0.4, -0.2) is 34.0 Å². The van der Waals surface area contributed by atoms with E-state index in [1.165, 1.54) is 31.0 Å². The number of nitrogens with one attached hydrogen (secondary N) is 1. The van der Waals surface area contributed by atoms with Gasteiger partial charge in [0, 0.05) is 5.56 Å². The molecule has 3 aromatic rings. The van der Waals surface area contributed by atoms with Gasteiger partial charge in [-0.3, -0.25) is 0 Å². The van der Waals surface area contributed by atoms with Crippen LogP contribution in [0.3, 0.4) is 0 Å². The lowest BCUT2D eigenvalue weighted by molar-refractivity contribution is 0.372. The van der Waals surface area contributed by atoms with Crippen molar-refractivity contribution in [1.29, 1.82) is 0 Å². The van der Waals surface area contributed by atoms with Crippen LogP contribution < -0.4 is 14.8 Å². The first kappa shape index (κ1) is 16.8. The third kappa shape index (κ3) is 3.91. The number of methoxy groups -OCH3 is 2. The fraction of sp³-hybridized carbons (Fsp3) is 0.200. The van der Waals surface area contributed by atoms with E-state index in [1.54, 1.807) is 18.2 Å². The number of benzene rings is 1. The Hall–Kier alpha value is -3.01. The number of hydrogen-bond donors (Lipinski definition) is 1. The number of rotatable bonds is 6. The molecule has 0 atom stereocenters. The summed E-state index contributed by atoms with van der Waals surface area (Å²) in [5.74, 6) is 0.933. The highest BCUT2D eigenvalue weighted by Crippen LogP contribution is 2.19. The number of ether oxygens (including phenoxy) is 2. The van der Waals surface area contributed by atoms with Crippen molar-refractivity contribution in [1.82, 2.24) is 19.7 Å². The smallest absolute Gasteiger partial charge is 0.289 e. The van der Waals surface area contributed by atoms with Gasteiger partial charge in [0.2, 0.25) is 23.6 Å². The summed E-state index contributed by atoms with van der Waals surface area (Å²) in [6.07, 6.45) is 0. The van der Waals surface area contributed by atoms with Gasteiger partial charge < -0.3 is 19.2 Å². The van der Waals surface area contributed by atoms with Gasteiger partial charge in [-0.05, 0) is 36.5 Å². The molecule has 0 unspecified atom stereocenters. The van der Waals surface area contributed by atoms with Crippen LogP contribution in [0.1, 0.15) is 0 Å². The van der Waals surface area contributed by atoms with Crippen LogP contribution in [0.4, 0.5) is 10.3 Å². The molecule has 2 heterocycles. The lowest BCUT2D eigenvalue weighted by Crippen LogP contribution is -2.12. The minimum atomic E-state index is -0.340. The molecular weight excluding hydrogens is 349 g/mol. The van der Waals surface area contributed by atoms with E-state index >= 15 is 0 Å². The topological polar surface area (TPSA) is 87.2 Å². The molecule has 2 aromatic heterocycles. The lowest BCUT2D eigenvalue weighted by atomic mass is 10.2. The maximum Gasteiger partial charge on any atom is 0.289 e. The van der Waals surface area contributed by atoms with Gasteiger partial charge >= 0.3 is 0 Å². The molecule has 0 radical (unpaired) electrons. The van der Waals surface area contributed by atoms with Crippen molar-refractivity contribution in [2.24, 2.45) is 0 Å². The number of anilines is 1. The second-order valence-electron chi connectivity index (χ2n) is 4.79. The van der Waals surface area contributed by atoms with Crippen molar-refractivity contribution >= 4 is 18.2 Å². The lowest BCUT2D eigenvalue weighted by Gasteiger charge is -2.07. The summed E-state index contributed by atoms with van der Waals surface area (Å²) in [5.41, 5.74) is 0.616. The third-order valence-corrected chi connectivity index (χ3v) is 3.48. The molecule has 0 aliphatic heterocycles. The standard InChI is InChI=1S/C15H14FN5O3S/c1-22-11-7-12(23-2)19-14(18-11)17-8-21-15(25)24-13(20-21)9-3-5-10(16)6-4-9/h3-7H,8H2,1-2H3,(H,17,18,19). The van der Waals surface area contributed by atoms with Gasteiger partial charge in [0.05, 0.1) is 20.3 Å². The fourth-order valence-corrected chi connectivity index (χ4v) is 2.14. The van der Waals surface area contributed by atoms with E-state index in [4.69, 9.17) is 26.1 Å². The van der Waals surface area contributed by atoms with Crippen LogP contribution in [0, 0.1) is 10.7 Å². The van der Waals surface area contributed by atoms with Gasteiger partial charge in [-0.2, -0.15) is 9.97 Å². The molecule has 0 spiro atoms. The van der Waals surface area contributed by atoms with Gasteiger partial charge in [0.1, 0.15) is 12.5 Å². The van der Waals surface area contributed by atoms with E-state index in [0.717, 1.165) is 0 Å². The normalized spacial score (nSPS) is 10.5. The van der Waals surface area contributed by atoms with E-state index in [-0.39, 0.29) is 29.2 Å². The van der Waals surface area contributed by atoms with E-state index in [0.29, 0.717) is 17.3 Å². The molecule has 0 bridgehead atoms. The highest BCUT2D eigenvalue weighted by Gasteiger charge is 2.10. The number of hydrogen-bond acceptors (Lipinski definition) is 8. The zero-order valence-corrected chi connectivity index (χ0v) is 14.2. The van der Waals surface area contributed by atoms with Crippen LogP contribution in [0.15, 0.2) is 34.7 Å². The summed E-state index contributed by atoms with van der Waals surface area (Å²) in [7, 11) is 2.99. The van der Waals surface area contributed by atoms with E-state index in [1.807, 2.05) is 0 Å². The van der Waals surface area contributed by atoms with Crippen molar-refractivity contribution in [2.45, 2.75) is 6.67 Å². The molecule has 0 aliphatic rings. The summed E-state index contributed by atoms with van der Waals surface area (Å²) in [5, 5.41) is 7.21. The number of halogens is 1. The molecule has 3 rings (SSSR count). The average molecular weight is 363 g/mol. The molecule has 8 nitrogen and oxygen atoms in total. The Kier molecular flexibility index (Phi) is 4.89. The Morgan fingerprint density at radius 3 is 2.40 bits per heavy atom. The molecule has 1 aromatic carbocycles. The minimum Gasteiger partial charge on any atom is -0.481 e. The Labute approximate surface area is 147 Å². The van der Waals surface area contributed by atoms with Crippen LogP contribution in [0.2, 0.25) is 0 Å². The first-order valence-corrected chi connectivity index (χ1v) is 7.54. The third-order valence-electron chi connectivity index (χ3n) is 3.18. The SMILES string of the molecule is COc1cc(OC)nc(NCn2nc(-c3ccc(F)cc3)oc2=S)n1. The van der Waals surface area contributed by atoms with Crippen LogP contribution in [0.5, 0.6) is 11.8 Å². The Morgan fingerprint density at radius 2 is 1.80 bits per heavy atom. The molecule has 25 heavy (non-hydrogen) atoms. The summed E-state index contributed by atoms with van der Waals surface area (Å²) < 4.78 is 30.0. The van der Waals surface area contributed by atoms with Crippen molar-refractivity contribution in [3.63, 3.8) is 0 Å². The summed E-state index contributed by atoms with van der Waals surface area (Å²) >= 11 is 5.14. The molecule has 1 N–H and O–H groups in total. The van der Waals surface area contributed by atoms with Crippen molar-refractivity contribution < 1.29 is 18.3 Å². The quantitative estimate of drug-likeness (QED) is 0.669. The Morgan fingerprint density at radius 1 is 1.16 bits per heavy atom. The summed E-state index contributed by atoms with van der Waals surface area (Å²) in [6, 6.07) is 7.32. The summed E-state index contributed by atoms with van der Waals surface area (Å²) in [6.45, 7) is 0.167. The highest BCUT2D eigenvalue weighted by atomic mass is 32.1. The molecular formula is C15H14FN5O3S. The summed E-state index contributed by atoms with van der Waals surface area (Å²) in [4.78, 5) is 8.45. The molecule has 0 saturated carbocycles. The van der Waals surface area contributed by atoms with Crippen molar-refractivity contribution in [2.75, 3.05) is 19.5 Å². The average Bonchev–Trinajstić information content (AvgIpc) is 3.01. The Bertz CT molecular complexity index is 903. The Balaban J connectivity index is 1.78. The van der Waals surface area contributed by atoms with Gasteiger partial charge in [-0.15, -0.1) is 5.10 Å². The number of aromatic nitrogens is 4. The first-order chi connectivity index (χ1) is 12.1. The fourth-order valence-electron chi connectivity index (χ4n) is 1.95. The van der Waals surface area contributed by atoms with Crippen LogP contribution in [-0.2, 0) is 6.67 Å². The van der Waals surface area contributed by atoms with Crippen molar-refractivity contribution in [3.8, 4) is 23.2 Å². The monoisotopic (exact) mass is 363 g/mol. The molecule has 0 aliphatic carbocycles. The van der Waals surface area contributed by atoms with Crippen LogP contribution in [0.25, 0.3) is 11.5 Å². The second-order valence-corrected chi connectivity index (χ2v) is 5.14. The predicted octanol–water partition coefficient (Wildman–Crippen LogP) is 2.89. The molecule has 0 fully saturated rings. The zero-order valence-electron chi connectivity index (χ0n) is 13.4. The van der Waals surface area contributed by atoms with Gasteiger partial charge in [-0.1, -0.05) is 0 Å². The molecule has 0 amide bonds. The maximum atomic E-state index is 13.0. The van der Waals surface area contributed by atoms with Crippen molar-refractivity contribution in [3.05, 3.63) is 41.0 Å². The largest absolute Gasteiger partial charge is 0.481 e. The predicted molar refractivity (Wildman–Crippen MR) is 89.5 cm³/mol. The highest BCUT2D eigenvalue weighted by molar-refractivity contribution is 7.71. The second kappa shape index (κ2) is 7.26. The van der Waals surface area contributed by atoms with E-state index in [2.05, 4.69) is 20.4 Å². The maximum absolute atomic E-state index is 13.0. The molecule has 130 valence electrons. The number of nitrogens with zero attached hydrogens (tertiary/aromatic N) is 4. The van der Waals surface area contributed by atoms with Crippen LogP contribution >= 0.6 is 12.2 Å². The van der Waals surface area contributed by atoms with Gasteiger partial charge in [0.25, 0.3) is 4.84 Å². The molecule has 10 heteroatoms. The van der Waals surface area contributed by atoms with E-state index < -0.39 is 0 Å². The van der Waals surface area contributed by atoms with Gasteiger partial charge in [0.15, 0.2) is 0 Å². The van der Waals surface area contributed by atoms with E-state index in [9.17, 15) is 4.39 Å². The minimum absolute atomic E-state index is 0.154. The van der Waals surface area contributed by atoms with Gasteiger partial charge in [-0.25, -0.2) is 9.07 Å².